The largest absolute Gasteiger partial charge is 0.418 e. The smallest absolute Gasteiger partial charge is 0.378 e. The Morgan fingerprint density at radius 3 is 2.35 bits per heavy atom. The zero-order chi connectivity index (χ0) is 23.4. The highest BCUT2D eigenvalue weighted by atomic mass is 35.5. The summed E-state index contributed by atoms with van der Waals surface area (Å²) >= 11 is 6.13. The van der Waals surface area contributed by atoms with Crippen molar-refractivity contribution < 1.29 is 26.4 Å². The summed E-state index contributed by atoms with van der Waals surface area (Å²) in [5.74, 6) is -0.762. The minimum atomic E-state index is -4.71. The number of sulfone groups is 1. The van der Waals surface area contributed by atoms with Crippen LogP contribution < -0.4 is 10.6 Å². The number of alkyl halides is 3. The molecule has 5 nitrogen and oxygen atoms in total. The molecule has 0 aliphatic rings. The fourth-order valence-electron chi connectivity index (χ4n) is 2.78. The van der Waals surface area contributed by atoms with E-state index in [0.717, 1.165) is 17.7 Å². The van der Waals surface area contributed by atoms with Gasteiger partial charge in [0.1, 0.15) is 0 Å². The molecular weight excluding hydrogens is 453 g/mol. The molecule has 0 fully saturated rings. The first-order valence-electron chi connectivity index (χ1n) is 9.19. The first-order chi connectivity index (χ1) is 14.3. The number of hydrogen-bond donors (Lipinski definition) is 2. The minimum Gasteiger partial charge on any atom is -0.378 e. The van der Waals surface area contributed by atoms with Crippen LogP contribution in [0.25, 0.3) is 0 Å². The van der Waals surface area contributed by atoms with Gasteiger partial charge in [-0.05, 0) is 43.7 Å². The Hall–Kier alpha value is -2.52. The molecule has 0 aromatic heterocycles. The summed E-state index contributed by atoms with van der Waals surface area (Å²) in [4.78, 5) is 12.4. The maximum absolute atomic E-state index is 13.7. The number of nitrogens with one attached hydrogen (secondary N) is 2. The lowest BCUT2D eigenvalue weighted by molar-refractivity contribution is -0.137. The molecule has 0 saturated carbocycles. The number of halogens is 4. The fourth-order valence-corrected chi connectivity index (χ4v) is 3.60. The Balaban J connectivity index is 2.28. The zero-order valence-electron chi connectivity index (χ0n) is 17.0. The van der Waals surface area contributed by atoms with Crippen LogP contribution in [0.3, 0.4) is 0 Å². The van der Waals surface area contributed by atoms with Gasteiger partial charge in [-0.2, -0.15) is 13.2 Å². The van der Waals surface area contributed by atoms with Crippen LogP contribution in [0.1, 0.15) is 41.4 Å². The quantitative estimate of drug-likeness (QED) is 0.577. The molecular formula is C21H22ClF3N2O3S. The van der Waals surface area contributed by atoms with E-state index in [0.29, 0.717) is 10.6 Å². The fraction of sp³-hybridized carbons (Fsp3) is 0.286. The molecule has 2 N–H and O–H groups in total. The number of carbonyl (C=O) groups excluding carboxylic acids is 1. The molecule has 0 saturated heterocycles. The monoisotopic (exact) mass is 474 g/mol. The lowest BCUT2D eigenvalue weighted by atomic mass is 10.0. The summed E-state index contributed by atoms with van der Waals surface area (Å²) in [5, 5.41) is 6.59. The average Bonchev–Trinajstić information content (AvgIpc) is 2.65. The summed E-state index contributed by atoms with van der Waals surface area (Å²) in [6.07, 6.45) is -2.48. The zero-order valence-corrected chi connectivity index (χ0v) is 18.6. The molecule has 0 aliphatic carbocycles. The molecule has 2 aromatic carbocycles. The Morgan fingerprint density at radius 1 is 1.13 bits per heavy atom. The third-order valence-electron chi connectivity index (χ3n) is 4.30. The molecule has 0 unspecified atom stereocenters. The van der Waals surface area contributed by atoms with E-state index in [1.807, 2.05) is 0 Å². The standard InChI is InChI=1S/C21H22ClF3N2O3S/c1-13(10-11-31(3,29)30)26-20(28)15-8-9-19(17(12-15)21(23,24)25)27-14(2)16-6-4-5-7-18(16)22/h4-14,27H,1-3H3,(H,26,28)/b11-10+/t13-,14+/m1/s1. The van der Waals surface area contributed by atoms with Crippen LogP contribution in [0.5, 0.6) is 0 Å². The van der Waals surface area contributed by atoms with Crippen LogP contribution in [0.15, 0.2) is 53.9 Å². The first kappa shape index (κ1) is 24.7. The van der Waals surface area contributed by atoms with Gasteiger partial charge >= 0.3 is 6.18 Å². The van der Waals surface area contributed by atoms with Gasteiger partial charge in [-0.1, -0.05) is 35.9 Å². The predicted molar refractivity (Wildman–Crippen MR) is 116 cm³/mol. The van der Waals surface area contributed by atoms with E-state index in [9.17, 15) is 26.4 Å². The third-order valence-corrected chi connectivity index (χ3v) is 5.30. The van der Waals surface area contributed by atoms with Gasteiger partial charge in [0.05, 0.1) is 11.6 Å². The van der Waals surface area contributed by atoms with Crippen LogP contribution >= 0.6 is 11.6 Å². The molecule has 31 heavy (non-hydrogen) atoms. The number of amides is 1. The highest BCUT2D eigenvalue weighted by Crippen LogP contribution is 2.37. The Morgan fingerprint density at radius 2 is 1.77 bits per heavy atom. The highest BCUT2D eigenvalue weighted by Gasteiger charge is 2.35. The highest BCUT2D eigenvalue weighted by molar-refractivity contribution is 7.93. The van der Waals surface area contributed by atoms with Crippen LogP contribution in [-0.4, -0.2) is 26.6 Å². The van der Waals surface area contributed by atoms with Crippen LogP contribution in [0.4, 0.5) is 18.9 Å². The van der Waals surface area contributed by atoms with E-state index in [1.54, 1.807) is 31.2 Å². The van der Waals surface area contributed by atoms with Crippen molar-refractivity contribution in [3.05, 3.63) is 75.7 Å². The lowest BCUT2D eigenvalue weighted by Crippen LogP contribution is -2.31. The van der Waals surface area contributed by atoms with Crippen molar-refractivity contribution >= 4 is 33.0 Å². The van der Waals surface area contributed by atoms with Crippen molar-refractivity contribution in [1.82, 2.24) is 5.32 Å². The van der Waals surface area contributed by atoms with Crippen LogP contribution in [0, 0.1) is 0 Å². The molecule has 1 amide bonds. The van der Waals surface area contributed by atoms with Crippen molar-refractivity contribution in [3.63, 3.8) is 0 Å². The first-order valence-corrected chi connectivity index (χ1v) is 11.5. The molecule has 0 spiro atoms. The number of carbonyl (C=O) groups is 1. The van der Waals surface area contributed by atoms with Gasteiger partial charge in [0.25, 0.3) is 5.91 Å². The van der Waals surface area contributed by atoms with E-state index in [-0.39, 0.29) is 11.3 Å². The number of rotatable bonds is 7. The minimum absolute atomic E-state index is 0.193. The molecule has 168 valence electrons. The molecule has 0 radical (unpaired) electrons. The second kappa shape index (κ2) is 9.74. The van der Waals surface area contributed by atoms with E-state index in [4.69, 9.17) is 11.6 Å². The molecule has 10 heteroatoms. The summed E-state index contributed by atoms with van der Waals surface area (Å²) in [6.45, 7) is 3.18. The van der Waals surface area contributed by atoms with E-state index in [1.165, 1.54) is 25.1 Å². The number of anilines is 1. The van der Waals surface area contributed by atoms with Gasteiger partial charge < -0.3 is 10.6 Å². The van der Waals surface area contributed by atoms with Gasteiger partial charge in [0.2, 0.25) is 0 Å². The maximum Gasteiger partial charge on any atom is 0.418 e. The second-order valence-electron chi connectivity index (χ2n) is 7.07. The van der Waals surface area contributed by atoms with Gasteiger partial charge in [-0.15, -0.1) is 0 Å². The van der Waals surface area contributed by atoms with Gasteiger partial charge in [-0.25, -0.2) is 8.42 Å². The average molecular weight is 475 g/mol. The maximum atomic E-state index is 13.7. The van der Waals surface area contributed by atoms with Crippen molar-refractivity contribution in [2.24, 2.45) is 0 Å². The van der Waals surface area contributed by atoms with Crippen molar-refractivity contribution in [3.8, 4) is 0 Å². The second-order valence-corrected chi connectivity index (χ2v) is 9.40. The van der Waals surface area contributed by atoms with Gasteiger partial charge in [0.15, 0.2) is 9.84 Å². The summed E-state index contributed by atoms with van der Waals surface area (Å²) < 4.78 is 63.3. The molecule has 0 bridgehead atoms. The topological polar surface area (TPSA) is 75.3 Å². The van der Waals surface area contributed by atoms with E-state index < -0.39 is 39.6 Å². The van der Waals surface area contributed by atoms with Crippen LogP contribution in [0.2, 0.25) is 5.02 Å². The SMILES string of the molecule is C[C@H](/C=C/S(C)(=O)=O)NC(=O)c1ccc(N[C@@H](C)c2ccccc2Cl)c(C(F)(F)F)c1. The number of benzene rings is 2. The predicted octanol–water partition coefficient (Wildman–Crippen LogP) is 5.21. The van der Waals surface area contributed by atoms with Crippen LogP contribution in [-0.2, 0) is 16.0 Å². The Bertz CT molecular complexity index is 1090. The normalized spacial score (nSPS) is 14.3. The summed E-state index contributed by atoms with van der Waals surface area (Å²) in [5.41, 5.74) is -0.770. The van der Waals surface area contributed by atoms with Gasteiger partial charge in [0, 0.05) is 34.0 Å². The third kappa shape index (κ3) is 7.29. The molecule has 2 aromatic rings. The number of hydrogen-bond acceptors (Lipinski definition) is 4. The molecule has 0 aliphatic heterocycles. The molecule has 0 heterocycles. The lowest BCUT2D eigenvalue weighted by Gasteiger charge is -2.21. The summed E-state index contributed by atoms with van der Waals surface area (Å²) in [6, 6.07) is 8.79. The molecule has 2 atom stereocenters. The van der Waals surface area contributed by atoms with Crippen molar-refractivity contribution in [1.29, 1.82) is 0 Å². The van der Waals surface area contributed by atoms with E-state index in [2.05, 4.69) is 10.6 Å². The Kier molecular flexibility index (Phi) is 7.77. The Labute approximate surface area is 184 Å². The van der Waals surface area contributed by atoms with E-state index >= 15 is 0 Å². The summed E-state index contributed by atoms with van der Waals surface area (Å²) in [7, 11) is -3.39. The van der Waals surface area contributed by atoms with Crippen molar-refractivity contribution in [2.75, 3.05) is 11.6 Å². The van der Waals surface area contributed by atoms with Gasteiger partial charge in [-0.3, -0.25) is 4.79 Å². The van der Waals surface area contributed by atoms with Crippen molar-refractivity contribution in [2.45, 2.75) is 32.1 Å². The molecule has 2 rings (SSSR count).